The molecule has 11 heteroatoms. The second kappa shape index (κ2) is 10.7. The van der Waals surface area contributed by atoms with Crippen molar-refractivity contribution >= 4 is 41.5 Å². The number of aromatic nitrogens is 1. The molecular weight excluding hydrogens is 522 g/mol. The van der Waals surface area contributed by atoms with Crippen molar-refractivity contribution in [3.05, 3.63) is 35.0 Å². The Bertz CT molecular complexity index is 739. The van der Waals surface area contributed by atoms with E-state index in [1.165, 1.54) is 0 Å². The molecule has 1 aromatic rings. The third kappa shape index (κ3) is 6.35. The number of aliphatic imine (C=N–C) groups is 1. The molecule has 0 radical (unpaired) electrons. The number of likely N-dealkylation sites (tertiary alicyclic amines) is 1. The minimum Gasteiger partial charge on any atom is -0.475 e. The number of nitrogens with zero attached hydrogens (tertiary/aromatic N) is 4. The minimum atomic E-state index is -4.48. The van der Waals surface area contributed by atoms with Crippen molar-refractivity contribution in [2.45, 2.75) is 18.6 Å². The molecule has 1 saturated heterocycles. The van der Waals surface area contributed by atoms with Crippen molar-refractivity contribution in [2.24, 2.45) is 4.99 Å². The van der Waals surface area contributed by atoms with Crippen LogP contribution in [0.25, 0.3) is 0 Å². The zero-order chi connectivity index (χ0) is 20.1. The van der Waals surface area contributed by atoms with Crippen molar-refractivity contribution in [3.8, 4) is 5.88 Å². The highest BCUT2D eigenvalue weighted by Crippen LogP contribution is 2.33. The molecular formula is C18H24ClF3IN5O. The van der Waals surface area contributed by atoms with Gasteiger partial charge in [0.1, 0.15) is 11.6 Å². The molecule has 0 saturated carbocycles. The number of pyridine rings is 1. The van der Waals surface area contributed by atoms with E-state index < -0.39 is 11.7 Å². The van der Waals surface area contributed by atoms with Gasteiger partial charge in [0.15, 0.2) is 5.96 Å². The summed E-state index contributed by atoms with van der Waals surface area (Å²) in [4.78, 5) is 12.6. The number of hydrogen-bond donors (Lipinski definition) is 1. The molecule has 0 bridgehead atoms. The summed E-state index contributed by atoms with van der Waals surface area (Å²) in [5.41, 5.74) is -0.903. The minimum absolute atomic E-state index is 0. The molecule has 29 heavy (non-hydrogen) atoms. The first kappa shape index (κ1) is 24.0. The number of alkyl halides is 3. The van der Waals surface area contributed by atoms with Gasteiger partial charge >= 0.3 is 6.18 Å². The van der Waals surface area contributed by atoms with Crippen LogP contribution in [-0.2, 0) is 6.18 Å². The first-order chi connectivity index (χ1) is 13.4. The zero-order valence-electron chi connectivity index (χ0n) is 16.0. The lowest BCUT2D eigenvalue weighted by molar-refractivity contribution is -0.137. The van der Waals surface area contributed by atoms with Crippen LogP contribution in [0.4, 0.5) is 13.2 Å². The first-order valence-corrected chi connectivity index (χ1v) is 9.46. The molecule has 1 unspecified atom stereocenters. The number of hydrogen-bond acceptors (Lipinski definition) is 4. The van der Waals surface area contributed by atoms with Gasteiger partial charge in [-0.15, -0.1) is 24.0 Å². The molecule has 0 aliphatic carbocycles. The maximum absolute atomic E-state index is 12.6. The number of halogens is 5. The molecule has 3 rings (SSSR count). The van der Waals surface area contributed by atoms with Crippen molar-refractivity contribution < 1.29 is 17.9 Å². The summed E-state index contributed by atoms with van der Waals surface area (Å²) < 4.78 is 43.3. The molecule has 1 N–H and O–H groups in total. The Labute approximate surface area is 190 Å². The van der Waals surface area contributed by atoms with Gasteiger partial charge in [0.2, 0.25) is 5.88 Å². The third-order valence-corrected chi connectivity index (χ3v) is 5.07. The number of nitrogens with one attached hydrogen (secondary N) is 1. The van der Waals surface area contributed by atoms with Gasteiger partial charge in [-0.2, -0.15) is 13.2 Å². The van der Waals surface area contributed by atoms with E-state index in [1.807, 2.05) is 0 Å². The predicted molar refractivity (Wildman–Crippen MR) is 117 cm³/mol. The van der Waals surface area contributed by atoms with Gasteiger partial charge in [-0.1, -0.05) is 23.8 Å². The van der Waals surface area contributed by atoms with Gasteiger partial charge < -0.3 is 15.0 Å². The monoisotopic (exact) mass is 545 g/mol. The van der Waals surface area contributed by atoms with Crippen LogP contribution in [0.2, 0.25) is 5.02 Å². The third-order valence-electron chi connectivity index (χ3n) is 4.80. The standard InChI is InChI=1S/C18H23ClF3N5O.HI/c1-23-17(27-8-4-14(12-27)26-6-2-3-7-26)24-5-9-28-16-15(19)10-13(11-25-16)18(20,21)22;/h2-3,10-11,14H,4-9,12H2,1H3,(H,23,24);1H. The van der Waals surface area contributed by atoms with Crippen LogP contribution >= 0.6 is 35.6 Å². The van der Waals surface area contributed by atoms with Crippen LogP contribution in [0.5, 0.6) is 5.88 Å². The van der Waals surface area contributed by atoms with Crippen molar-refractivity contribution in [2.75, 3.05) is 46.4 Å². The Morgan fingerprint density at radius 2 is 2.10 bits per heavy atom. The average molecular weight is 546 g/mol. The molecule has 162 valence electrons. The predicted octanol–water partition coefficient (Wildman–Crippen LogP) is 3.27. The van der Waals surface area contributed by atoms with Gasteiger partial charge in [0.05, 0.1) is 12.1 Å². The van der Waals surface area contributed by atoms with Crippen molar-refractivity contribution in [3.63, 3.8) is 0 Å². The van der Waals surface area contributed by atoms with Gasteiger partial charge in [0, 0.05) is 45.5 Å². The molecule has 2 aliphatic heterocycles. The summed E-state index contributed by atoms with van der Waals surface area (Å²) in [5, 5.41) is 3.05. The van der Waals surface area contributed by atoms with Crippen LogP contribution in [0.1, 0.15) is 12.0 Å². The Balaban J connectivity index is 0.00000300. The maximum atomic E-state index is 12.6. The van der Waals surface area contributed by atoms with E-state index in [9.17, 15) is 13.2 Å². The summed E-state index contributed by atoms with van der Waals surface area (Å²) in [6.45, 7) is 4.46. The maximum Gasteiger partial charge on any atom is 0.417 e. The molecule has 3 heterocycles. The summed E-state index contributed by atoms with van der Waals surface area (Å²) in [7, 11) is 1.72. The Morgan fingerprint density at radius 3 is 2.72 bits per heavy atom. The van der Waals surface area contributed by atoms with E-state index in [0.717, 1.165) is 44.6 Å². The van der Waals surface area contributed by atoms with E-state index in [-0.39, 0.29) is 41.5 Å². The van der Waals surface area contributed by atoms with Crippen LogP contribution in [-0.4, -0.2) is 73.2 Å². The summed E-state index contributed by atoms with van der Waals surface area (Å²) in [6, 6.07) is 1.33. The molecule has 1 atom stereocenters. The summed E-state index contributed by atoms with van der Waals surface area (Å²) >= 11 is 5.84. The second-order valence-corrected chi connectivity index (χ2v) is 7.05. The summed E-state index contributed by atoms with van der Waals surface area (Å²) in [6.07, 6.45) is 1.69. The van der Waals surface area contributed by atoms with Crippen LogP contribution in [0, 0.1) is 0 Å². The van der Waals surface area contributed by atoms with E-state index in [4.69, 9.17) is 16.3 Å². The van der Waals surface area contributed by atoms with Gasteiger partial charge in [0.25, 0.3) is 0 Å². The SMILES string of the molecule is CN=C(NCCOc1ncc(C(F)(F)F)cc1Cl)N1CCC(N2CC=CC2)C1.I. The fourth-order valence-corrected chi connectivity index (χ4v) is 3.58. The number of rotatable bonds is 5. The van der Waals surface area contributed by atoms with Crippen molar-refractivity contribution in [1.29, 1.82) is 0 Å². The fourth-order valence-electron chi connectivity index (χ4n) is 3.35. The number of ether oxygens (including phenoxy) is 1. The first-order valence-electron chi connectivity index (χ1n) is 9.08. The molecule has 6 nitrogen and oxygen atoms in total. The van der Waals surface area contributed by atoms with Crippen LogP contribution in [0.15, 0.2) is 29.4 Å². The van der Waals surface area contributed by atoms with Gasteiger partial charge in [-0.05, 0) is 12.5 Å². The van der Waals surface area contributed by atoms with Crippen LogP contribution in [0.3, 0.4) is 0 Å². The zero-order valence-corrected chi connectivity index (χ0v) is 19.0. The van der Waals surface area contributed by atoms with Crippen LogP contribution < -0.4 is 10.1 Å². The quantitative estimate of drug-likeness (QED) is 0.202. The highest BCUT2D eigenvalue weighted by Gasteiger charge is 2.32. The smallest absolute Gasteiger partial charge is 0.417 e. The lowest BCUT2D eigenvalue weighted by Gasteiger charge is -2.25. The van der Waals surface area contributed by atoms with E-state index in [0.29, 0.717) is 18.8 Å². The Hall–Kier alpha value is -1.27. The second-order valence-electron chi connectivity index (χ2n) is 6.65. The largest absolute Gasteiger partial charge is 0.475 e. The summed E-state index contributed by atoms with van der Waals surface area (Å²) in [5.74, 6) is 0.763. The number of guanidine groups is 1. The topological polar surface area (TPSA) is 53.0 Å². The highest BCUT2D eigenvalue weighted by molar-refractivity contribution is 14.0. The molecule has 1 aromatic heterocycles. The lowest BCUT2D eigenvalue weighted by atomic mass is 10.2. The van der Waals surface area contributed by atoms with E-state index in [2.05, 4.69) is 37.2 Å². The van der Waals surface area contributed by atoms with Gasteiger partial charge in [-0.3, -0.25) is 9.89 Å². The Morgan fingerprint density at radius 1 is 1.38 bits per heavy atom. The average Bonchev–Trinajstić information content (AvgIpc) is 3.33. The fraction of sp³-hybridized carbons (Fsp3) is 0.556. The van der Waals surface area contributed by atoms with Crippen molar-refractivity contribution in [1.82, 2.24) is 20.1 Å². The lowest BCUT2D eigenvalue weighted by Crippen LogP contribution is -2.43. The van der Waals surface area contributed by atoms with E-state index in [1.54, 1.807) is 7.05 Å². The normalized spacial score (nSPS) is 20.1. The highest BCUT2D eigenvalue weighted by atomic mass is 127. The molecule has 2 aliphatic rings. The van der Waals surface area contributed by atoms with E-state index >= 15 is 0 Å². The molecule has 0 spiro atoms. The molecule has 0 amide bonds. The molecule has 1 fully saturated rings. The molecule has 0 aromatic carbocycles. The van der Waals surface area contributed by atoms with Gasteiger partial charge in [-0.25, -0.2) is 4.98 Å². The Kier molecular flexibility index (Phi) is 8.83.